The van der Waals surface area contributed by atoms with Crippen molar-refractivity contribution in [2.45, 2.75) is 13.0 Å². The Balaban J connectivity index is 2.42. The Morgan fingerprint density at radius 3 is 2.53 bits per heavy atom. The third-order valence-corrected chi connectivity index (χ3v) is 2.51. The number of furan rings is 1. The molecule has 1 heterocycles. The highest BCUT2D eigenvalue weighted by Gasteiger charge is 2.10. The lowest BCUT2D eigenvalue weighted by atomic mass is 10.2. The lowest BCUT2D eigenvalue weighted by Gasteiger charge is -2.01. The third-order valence-electron chi connectivity index (χ3n) is 2.18. The molecule has 0 radical (unpaired) electrons. The molecule has 2 nitrogen and oxygen atoms in total. The summed E-state index contributed by atoms with van der Waals surface area (Å²) in [5, 5.41) is 9.97. The van der Waals surface area contributed by atoms with Gasteiger partial charge in [-0.3, -0.25) is 0 Å². The molecule has 0 saturated heterocycles. The number of aliphatic hydroxyl groups is 1. The van der Waals surface area contributed by atoms with Crippen molar-refractivity contribution in [3.8, 4) is 11.3 Å². The minimum absolute atomic E-state index is 0.546. The predicted molar refractivity (Wildman–Crippen MR) is 59.8 cm³/mol. The first-order valence-electron chi connectivity index (χ1n) is 4.71. The zero-order chi connectivity index (χ0) is 10.8. The summed E-state index contributed by atoms with van der Waals surface area (Å²) >= 11 is 6.03. The van der Waals surface area contributed by atoms with E-state index >= 15 is 0 Å². The van der Waals surface area contributed by atoms with E-state index in [1.54, 1.807) is 13.0 Å². The van der Waals surface area contributed by atoms with E-state index in [-0.39, 0.29) is 0 Å². The fourth-order valence-electron chi connectivity index (χ4n) is 1.38. The maximum absolute atomic E-state index is 9.33. The quantitative estimate of drug-likeness (QED) is 0.842. The van der Waals surface area contributed by atoms with Crippen LogP contribution in [0.3, 0.4) is 0 Å². The molecule has 3 heteroatoms. The first-order chi connectivity index (χ1) is 7.18. The number of hydrogen-bond donors (Lipinski definition) is 1. The average Bonchev–Trinajstić information content (AvgIpc) is 2.67. The molecular weight excluding hydrogens is 212 g/mol. The maximum atomic E-state index is 9.33. The van der Waals surface area contributed by atoms with Gasteiger partial charge >= 0.3 is 0 Å². The molecule has 1 N–H and O–H groups in total. The van der Waals surface area contributed by atoms with Crippen molar-refractivity contribution >= 4 is 11.6 Å². The second kappa shape index (κ2) is 4.09. The molecule has 15 heavy (non-hydrogen) atoms. The molecule has 0 aliphatic carbocycles. The molecule has 78 valence electrons. The number of rotatable bonds is 2. The van der Waals surface area contributed by atoms with Crippen LogP contribution in [0.4, 0.5) is 0 Å². The van der Waals surface area contributed by atoms with Gasteiger partial charge in [0.15, 0.2) is 0 Å². The molecule has 0 aliphatic rings. The van der Waals surface area contributed by atoms with Gasteiger partial charge in [0.1, 0.15) is 17.6 Å². The Kier molecular flexibility index (Phi) is 2.80. The van der Waals surface area contributed by atoms with Crippen molar-refractivity contribution < 1.29 is 9.52 Å². The Labute approximate surface area is 93.1 Å². The molecule has 0 bridgehead atoms. The second-order valence-electron chi connectivity index (χ2n) is 3.36. The molecule has 2 aromatic rings. The zero-order valence-corrected chi connectivity index (χ0v) is 9.03. The van der Waals surface area contributed by atoms with Gasteiger partial charge in [0.2, 0.25) is 0 Å². The van der Waals surface area contributed by atoms with E-state index in [4.69, 9.17) is 16.0 Å². The predicted octanol–water partition coefficient (Wildman–Crippen LogP) is 3.65. The van der Waals surface area contributed by atoms with E-state index in [1.165, 1.54) is 0 Å². The maximum Gasteiger partial charge on any atom is 0.135 e. The van der Waals surface area contributed by atoms with Gasteiger partial charge in [-0.1, -0.05) is 23.7 Å². The summed E-state index contributed by atoms with van der Waals surface area (Å²) < 4.78 is 5.48. The van der Waals surface area contributed by atoms with E-state index in [1.807, 2.05) is 30.3 Å². The van der Waals surface area contributed by atoms with Gasteiger partial charge in [0.25, 0.3) is 0 Å². The molecule has 0 unspecified atom stereocenters. The highest BCUT2D eigenvalue weighted by Crippen LogP contribution is 2.30. The van der Waals surface area contributed by atoms with Crippen molar-refractivity contribution in [2.24, 2.45) is 0 Å². The molecule has 2 rings (SSSR count). The Hall–Kier alpha value is -1.25. The van der Waals surface area contributed by atoms with Crippen molar-refractivity contribution in [2.75, 3.05) is 0 Å². The Morgan fingerprint density at radius 2 is 1.93 bits per heavy atom. The summed E-state index contributed by atoms with van der Waals surface area (Å²) in [4.78, 5) is 0. The van der Waals surface area contributed by atoms with Crippen LogP contribution in [0.25, 0.3) is 11.3 Å². The summed E-state index contributed by atoms with van der Waals surface area (Å²) in [6.07, 6.45) is -0.596. The number of hydrogen-bond acceptors (Lipinski definition) is 2. The summed E-state index contributed by atoms with van der Waals surface area (Å²) in [7, 11) is 0. The minimum atomic E-state index is -0.596. The molecule has 0 aliphatic heterocycles. The van der Waals surface area contributed by atoms with E-state index < -0.39 is 6.10 Å². The van der Waals surface area contributed by atoms with Crippen molar-refractivity contribution in [1.82, 2.24) is 0 Å². The summed E-state index contributed by atoms with van der Waals surface area (Å²) in [6, 6.07) is 11.0. The first-order valence-corrected chi connectivity index (χ1v) is 5.09. The number of halogens is 1. The van der Waals surface area contributed by atoms with Gasteiger partial charge in [-0.15, -0.1) is 0 Å². The molecular formula is C12H11ClO2. The normalized spacial score (nSPS) is 12.7. The van der Waals surface area contributed by atoms with Gasteiger partial charge in [-0.05, 0) is 31.2 Å². The minimum Gasteiger partial charge on any atom is -0.458 e. The fraction of sp³-hybridized carbons (Fsp3) is 0.167. The third kappa shape index (κ3) is 2.06. The number of benzene rings is 1. The molecule has 1 aromatic carbocycles. The molecule has 1 aromatic heterocycles. The Bertz CT molecular complexity index is 460. The van der Waals surface area contributed by atoms with Gasteiger partial charge in [0.05, 0.1) is 5.02 Å². The van der Waals surface area contributed by atoms with E-state index in [9.17, 15) is 5.11 Å². The van der Waals surface area contributed by atoms with Gasteiger partial charge in [0, 0.05) is 5.56 Å². The standard InChI is InChI=1S/C12H11ClO2/c1-8(14)11-6-7-12(15-11)9-4-2-3-5-10(9)13/h2-8,14H,1H3/t8-/m0/s1. The molecule has 0 spiro atoms. The van der Waals surface area contributed by atoms with E-state index in [0.717, 1.165) is 5.56 Å². The Morgan fingerprint density at radius 1 is 1.20 bits per heavy atom. The second-order valence-corrected chi connectivity index (χ2v) is 3.77. The van der Waals surface area contributed by atoms with Crippen LogP contribution < -0.4 is 0 Å². The van der Waals surface area contributed by atoms with Gasteiger partial charge < -0.3 is 9.52 Å². The van der Waals surface area contributed by atoms with Crippen LogP contribution in [0, 0.1) is 0 Å². The summed E-state index contributed by atoms with van der Waals surface area (Å²) in [6.45, 7) is 1.66. The lowest BCUT2D eigenvalue weighted by molar-refractivity contribution is 0.170. The van der Waals surface area contributed by atoms with Crippen LogP contribution in [0.15, 0.2) is 40.8 Å². The molecule has 0 fully saturated rings. The largest absolute Gasteiger partial charge is 0.458 e. The topological polar surface area (TPSA) is 33.4 Å². The first kappa shape index (κ1) is 10.3. The number of aliphatic hydroxyl groups excluding tert-OH is 1. The monoisotopic (exact) mass is 222 g/mol. The molecule has 0 amide bonds. The van der Waals surface area contributed by atoms with Crippen LogP contribution >= 0.6 is 11.6 Å². The molecule has 0 saturated carbocycles. The van der Waals surface area contributed by atoms with Crippen molar-refractivity contribution in [1.29, 1.82) is 0 Å². The van der Waals surface area contributed by atoms with E-state index in [2.05, 4.69) is 0 Å². The summed E-state index contributed by atoms with van der Waals surface area (Å²) in [5.74, 6) is 1.22. The van der Waals surface area contributed by atoms with Crippen molar-refractivity contribution in [3.63, 3.8) is 0 Å². The van der Waals surface area contributed by atoms with E-state index in [0.29, 0.717) is 16.5 Å². The average molecular weight is 223 g/mol. The van der Waals surface area contributed by atoms with Crippen LogP contribution in [0.2, 0.25) is 5.02 Å². The fourth-order valence-corrected chi connectivity index (χ4v) is 1.61. The SMILES string of the molecule is C[C@H](O)c1ccc(-c2ccccc2Cl)o1. The van der Waals surface area contributed by atoms with Crippen LogP contribution in [-0.2, 0) is 0 Å². The van der Waals surface area contributed by atoms with Gasteiger partial charge in [-0.25, -0.2) is 0 Å². The zero-order valence-electron chi connectivity index (χ0n) is 8.27. The lowest BCUT2D eigenvalue weighted by Crippen LogP contribution is -1.85. The van der Waals surface area contributed by atoms with Crippen LogP contribution in [0.5, 0.6) is 0 Å². The van der Waals surface area contributed by atoms with Crippen LogP contribution in [0.1, 0.15) is 18.8 Å². The van der Waals surface area contributed by atoms with Gasteiger partial charge in [-0.2, -0.15) is 0 Å². The van der Waals surface area contributed by atoms with Crippen molar-refractivity contribution in [3.05, 3.63) is 47.2 Å². The molecule has 1 atom stereocenters. The summed E-state index contributed by atoms with van der Waals surface area (Å²) in [5.41, 5.74) is 0.839. The highest BCUT2D eigenvalue weighted by atomic mass is 35.5. The van der Waals surface area contributed by atoms with Crippen LogP contribution in [-0.4, -0.2) is 5.11 Å². The highest BCUT2D eigenvalue weighted by molar-refractivity contribution is 6.33. The smallest absolute Gasteiger partial charge is 0.135 e.